The standard InChI is InChI=1S/C24H29N5O3S/c25-29(18-7-12-31-13-8-18)23-22-19(9-14-33(22)30)26-24(27-23)28-10-5-16(6-11-28)21-15-17-3-1-2-4-20(17)32-21/h1-4,15-16,18H,5-14,25H2. The van der Waals surface area contributed by atoms with Crippen LogP contribution in [0, 0.1) is 0 Å². The van der Waals surface area contributed by atoms with Gasteiger partial charge in [0.05, 0.1) is 22.5 Å². The van der Waals surface area contributed by atoms with Crippen LogP contribution in [0.25, 0.3) is 11.0 Å². The maximum absolute atomic E-state index is 12.7. The summed E-state index contributed by atoms with van der Waals surface area (Å²) in [7, 11) is -1.09. The van der Waals surface area contributed by atoms with Crippen LogP contribution in [0.5, 0.6) is 0 Å². The Morgan fingerprint density at radius 2 is 1.88 bits per heavy atom. The monoisotopic (exact) mass is 467 g/mol. The molecule has 8 nitrogen and oxygen atoms in total. The van der Waals surface area contributed by atoms with E-state index in [1.165, 1.54) is 0 Å². The van der Waals surface area contributed by atoms with E-state index in [0.717, 1.165) is 66.1 Å². The van der Waals surface area contributed by atoms with E-state index in [1.54, 1.807) is 5.01 Å². The first kappa shape index (κ1) is 21.1. The molecule has 0 bridgehead atoms. The van der Waals surface area contributed by atoms with Gasteiger partial charge in [-0.3, -0.25) is 9.22 Å². The Morgan fingerprint density at radius 1 is 1.09 bits per heavy atom. The second-order valence-corrected chi connectivity index (χ2v) is 10.6. The number of nitrogens with two attached hydrogens (primary N) is 1. The zero-order valence-corrected chi connectivity index (χ0v) is 19.4. The van der Waals surface area contributed by atoms with Crippen LogP contribution in [0.2, 0.25) is 0 Å². The number of rotatable bonds is 4. The molecule has 0 spiro atoms. The van der Waals surface area contributed by atoms with Crippen molar-refractivity contribution < 1.29 is 13.4 Å². The molecule has 3 aromatic rings. The number of furan rings is 1. The van der Waals surface area contributed by atoms with Gasteiger partial charge in [-0.05, 0) is 37.8 Å². The molecule has 5 heterocycles. The van der Waals surface area contributed by atoms with Crippen LogP contribution in [-0.4, -0.2) is 52.3 Å². The van der Waals surface area contributed by atoms with Gasteiger partial charge in [0.2, 0.25) is 5.95 Å². The highest BCUT2D eigenvalue weighted by Gasteiger charge is 2.33. The number of ether oxygens (including phenoxy) is 1. The number of hydrogen-bond donors (Lipinski definition) is 1. The minimum Gasteiger partial charge on any atom is -0.461 e. The van der Waals surface area contributed by atoms with Crippen molar-refractivity contribution in [3.63, 3.8) is 0 Å². The van der Waals surface area contributed by atoms with E-state index in [-0.39, 0.29) is 6.04 Å². The van der Waals surface area contributed by atoms with Gasteiger partial charge in [0, 0.05) is 49.8 Å². The van der Waals surface area contributed by atoms with Gasteiger partial charge >= 0.3 is 0 Å². The lowest BCUT2D eigenvalue weighted by molar-refractivity contribution is 0.0842. The van der Waals surface area contributed by atoms with E-state index < -0.39 is 10.8 Å². The molecule has 0 saturated carbocycles. The van der Waals surface area contributed by atoms with Gasteiger partial charge in [-0.15, -0.1) is 0 Å². The minimum absolute atomic E-state index is 0.141. The lowest BCUT2D eigenvalue weighted by Crippen LogP contribution is -2.46. The van der Waals surface area contributed by atoms with Gasteiger partial charge < -0.3 is 14.1 Å². The third-order valence-corrected chi connectivity index (χ3v) is 8.56. The average Bonchev–Trinajstić information content (AvgIpc) is 3.47. The molecule has 33 heavy (non-hydrogen) atoms. The van der Waals surface area contributed by atoms with E-state index in [1.807, 2.05) is 18.2 Å². The molecular formula is C24H29N5O3S. The molecule has 1 atom stereocenters. The van der Waals surface area contributed by atoms with E-state index >= 15 is 0 Å². The van der Waals surface area contributed by atoms with Crippen LogP contribution < -0.4 is 15.8 Å². The first-order chi connectivity index (χ1) is 16.2. The molecule has 6 rings (SSSR count). The molecule has 3 aliphatic heterocycles. The van der Waals surface area contributed by atoms with Crippen molar-refractivity contribution in [2.75, 3.05) is 42.0 Å². The SMILES string of the molecule is NN(c1nc(N2CCC(c3cc4ccccc4o3)CC2)nc2c1S(=O)CC2)C1CCOCC1. The Labute approximate surface area is 195 Å². The van der Waals surface area contributed by atoms with E-state index in [4.69, 9.17) is 25.0 Å². The van der Waals surface area contributed by atoms with Crippen molar-refractivity contribution in [3.05, 3.63) is 41.8 Å². The van der Waals surface area contributed by atoms with Crippen LogP contribution >= 0.6 is 0 Å². The molecule has 0 amide bonds. The Morgan fingerprint density at radius 3 is 2.67 bits per heavy atom. The number of hydrogen-bond acceptors (Lipinski definition) is 8. The maximum atomic E-state index is 12.7. The number of hydrazine groups is 1. The van der Waals surface area contributed by atoms with Crippen LogP contribution in [-0.2, 0) is 22.0 Å². The van der Waals surface area contributed by atoms with Gasteiger partial charge in [0.25, 0.3) is 0 Å². The third-order valence-electron chi connectivity index (χ3n) is 7.11. The number of nitrogens with zero attached hydrogens (tertiary/aromatic N) is 4. The van der Waals surface area contributed by atoms with Crippen LogP contribution in [0.15, 0.2) is 39.6 Å². The molecule has 2 fully saturated rings. The Hall–Kier alpha value is -2.49. The minimum atomic E-state index is -1.09. The summed E-state index contributed by atoms with van der Waals surface area (Å²) in [5, 5.41) is 2.89. The molecule has 2 saturated heterocycles. The quantitative estimate of drug-likeness (QED) is 0.462. The lowest BCUT2D eigenvalue weighted by atomic mass is 9.94. The van der Waals surface area contributed by atoms with Crippen LogP contribution in [0.3, 0.4) is 0 Å². The van der Waals surface area contributed by atoms with E-state index in [2.05, 4.69) is 17.0 Å². The Balaban J connectivity index is 1.24. The van der Waals surface area contributed by atoms with Crippen molar-refractivity contribution >= 4 is 33.5 Å². The highest BCUT2D eigenvalue weighted by atomic mass is 32.2. The van der Waals surface area contributed by atoms with E-state index in [0.29, 0.717) is 43.1 Å². The van der Waals surface area contributed by atoms with Crippen LogP contribution in [0.4, 0.5) is 11.8 Å². The summed E-state index contributed by atoms with van der Waals surface area (Å²) in [6, 6.07) is 10.5. The summed E-state index contributed by atoms with van der Waals surface area (Å²) in [5.41, 5.74) is 1.83. The number of benzene rings is 1. The first-order valence-electron chi connectivity index (χ1n) is 11.8. The molecule has 2 aromatic heterocycles. The normalized spacial score (nSPS) is 22.1. The first-order valence-corrected chi connectivity index (χ1v) is 13.1. The lowest BCUT2D eigenvalue weighted by Gasteiger charge is -2.34. The molecule has 9 heteroatoms. The number of aromatic nitrogens is 2. The number of piperidine rings is 1. The van der Waals surface area contributed by atoms with Gasteiger partial charge in [-0.25, -0.2) is 10.8 Å². The molecule has 174 valence electrons. The topological polar surface area (TPSA) is 97.7 Å². The van der Waals surface area contributed by atoms with Crippen LogP contribution in [0.1, 0.15) is 43.1 Å². The maximum Gasteiger partial charge on any atom is 0.227 e. The summed E-state index contributed by atoms with van der Waals surface area (Å²) >= 11 is 0. The van der Waals surface area contributed by atoms with Gasteiger partial charge in [0.1, 0.15) is 16.2 Å². The highest BCUT2D eigenvalue weighted by molar-refractivity contribution is 7.85. The molecule has 0 aliphatic carbocycles. The molecule has 2 N–H and O–H groups in total. The fourth-order valence-corrected chi connectivity index (χ4v) is 6.53. The largest absolute Gasteiger partial charge is 0.461 e. The van der Waals surface area contributed by atoms with E-state index in [9.17, 15) is 4.21 Å². The average molecular weight is 468 g/mol. The Kier molecular flexibility index (Phi) is 5.55. The van der Waals surface area contributed by atoms with Crippen molar-refractivity contribution in [1.29, 1.82) is 0 Å². The zero-order chi connectivity index (χ0) is 22.4. The third kappa shape index (κ3) is 3.92. The molecule has 0 radical (unpaired) electrons. The predicted molar refractivity (Wildman–Crippen MR) is 128 cm³/mol. The Bertz CT molecular complexity index is 1150. The smallest absolute Gasteiger partial charge is 0.227 e. The van der Waals surface area contributed by atoms with Gasteiger partial charge in [-0.2, -0.15) is 4.98 Å². The molecular weight excluding hydrogens is 438 g/mol. The fraction of sp³-hybridized carbons (Fsp3) is 0.500. The van der Waals surface area contributed by atoms with Gasteiger partial charge in [-0.1, -0.05) is 18.2 Å². The zero-order valence-electron chi connectivity index (χ0n) is 18.6. The molecule has 1 aromatic carbocycles. The summed E-state index contributed by atoms with van der Waals surface area (Å²) < 4.78 is 24.3. The number of aryl methyl sites for hydroxylation is 1. The molecule has 3 aliphatic rings. The highest BCUT2D eigenvalue weighted by Crippen LogP contribution is 2.36. The van der Waals surface area contributed by atoms with Gasteiger partial charge in [0.15, 0.2) is 5.82 Å². The second-order valence-electron chi connectivity index (χ2n) is 9.12. The van der Waals surface area contributed by atoms with Crippen molar-refractivity contribution in [2.45, 2.75) is 49.0 Å². The summed E-state index contributed by atoms with van der Waals surface area (Å²) in [4.78, 5) is 12.7. The fourth-order valence-electron chi connectivity index (χ4n) is 5.19. The van der Waals surface area contributed by atoms with Crippen molar-refractivity contribution in [1.82, 2.24) is 9.97 Å². The number of para-hydroxylation sites is 1. The predicted octanol–water partition coefficient (Wildman–Crippen LogP) is 3.13. The summed E-state index contributed by atoms with van der Waals surface area (Å²) in [5.74, 6) is 9.95. The molecule has 1 unspecified atom stereocenters. The summed E-state index contributed by atoms with van der Waals surface area (Å²) in [6.07, 6.45) is 4.36. The summed E-state index contributed by atoms with van der Waals surface area (Å²) in [6.45, 7) is 3.09. The van der Waals surface area contributed by atoms with Crippen molar-refractivity contribution in [2.24, 2.45) is 5.84 Å². The number of anilines is 2. The van der Waals surface area contributed by atoms with Crippen molar-refractivity contribution in [3.8, 4) is 0 Å². The second kappa shape index (κ2) is 8.70. The number of fused-ring (bicyclic) bond motifs is 2.